The molecule has 0 aliphatic heterocycles. The maximum absolute atomic E-state index is 12.9. The zero-order valence-electron chi connectivity index (χ0n) is 15.6. The maximum Gasteiger partial charge on any atom is 0.224 e. The highest BCUT2D eigenvalue weighted by Gasteiger charge is 2.50. The highest BCUT2D eigenvalue weighted by atomic mass is 16.5. The lowest BCUT2D eigenvalue weighted by atomic mass is 9.51. The second-order valence-corrected chi connectivity index (χ2v) is 8.51. The predicted octanol–water partition coefficient (Wildman–Crippen LogP) is 3.17. The normalized spacial score (nSPS) is 31.1. The second kappa shape index (κ2) is 6.66. The third-order valence-corrected chi connectivity index (χ3v) is 6.84. The number of ether oxygens (including phenoxy) is 1. The Balaban J connectivity index is 1.22. The Labute approximate surface area is 159 Å². The lowest BCUT2D eigenvalue weighted by molar-refractivity contribution is -0.138. The minimum Gasteiger partial charge on any atom is -0.497 e. The van der Waals surface area contributed by atoms with Gasteiger partial charge in [0.05, 0.1) is 13.7 Å². The second-order valence-electron chi connectivity index (χ2n) is 8.51. The minimum absolute atomic E-state index is 0.210. The van der Waals surface area contributed by atoms with Crippen molar-refractivity contribution in [1.82, 2.24) is 20.5 Å². The molecule has 4 aliphatic rings. The molecule has 0 unspecified atom stereocenters. The maximum atomic E-state index is 12.9. The number of benzene rings is 1. The van der Waals surface area contributed by atoms with E-state index in [1.54, 1.807) is 7.11 Å². The van der Waals surface area contributed by atoms with Crippen molar-refractivity contribution in [2.45, 2.75) is 38.6 Å². The molecular formula is C21H26N4O2. The summed E-state index contributed by atoms with van der Waals surface area (Å²) in [6, 6.07) is 7.64. The van der Waals surface area contributed by atoms with Crippen LogP contribution < -0.4 is 10.1 Å². The van der Waals surface area contributed by atoms with Crippen molar-refractivity contribution in [1.29, 1.82) is 0 Å². The van der Waals surface area contributed by atoms with Crippen LogP contribution in [0.1, 0.15) is 37.9 Å². The van der Waals surface area contributed by atoms with E-state index in [1.807, 2.05) is 24.3 Å². The molecule has 0 spiro atoms. The van der Waals surface area contributed by atoms with E-state index in [4.69, 9.17) is 4.74 Å². The number of aromatic amines is 1. The van der Waals surface area contributed by atoms with Crippen LogP contribution in [0.4, 0.5) is 0 Å². The van der Waals surface area contributed by atoms with Crippen LogP contribution in [-0.4, -0.2) is 28.2 Å². The number of nitrogens with one attached hydrogen (secondary N) is 2. The van der Waals surface area contributed by atoms with E-state index in [0.29, 0.717) is 30.0 Å². The van der Waals surface area contributed by atoms with Gasteiger partial charge in [-0.15, -0.1) is 0 Å². The highest BCUT2D eigenvalue weighted by Crippen LogP contribution is 2.56. The minimum atomic E-state index is 0.210. The molecule has 4 saturated carbocycles. The van der Waals surface area contributed by atoms with E-state index >= 15 is 0 Å². The van der Waals surface area contributed by atoms with Gasteiger partial charge in [-0.1, -0.05) is 0 Å². The van der Waals surface area contributed by atoms with Crippen LogP contribution >= 0.6 is 0 Å². The number of hydrogen-bond donors (Lipinski definition) is 2. The Morgan fingerprint density at radius 3 is 2.41 bits per heavy atom. The molecule has 1 amide bonds. The average Bonchev–Trinajstić information content (AvgIpc) is 3.14. The van der Waals surface area contributed by atoms with Crippen molar-refractivity contribution in [3.8, 4) is 17.1 Å². The molecule has 4 fully saturated rings. The van der Waals surface area contributed by atoms with Gasteiger partial charge in [-0.2, -0.15) is 5.10 Å². The lowest BCUT2D eigenvalue weighted by Gasteiger charge is -2.53. The summed E-state index contributed by atoms with van der Waals surface area (Å²) in [5.74, 6) is 5.53. The monoisotopic (exact) mass is 366 g/mol. The summed E-state index contributed by atoms with van der Waals surface area (Å²) >= 11 is 0. The molecule has 2 aromatic rings. The number of nitrogens with zero attached hydrogens (tertiary/aromatic N) is 2. The zero-order chi connectivity index (χ0) is 18.4. The van der Waals surface area contributed by atoms with E-state index in [2.05, 4.69) is 20.5 Å². The summed E-state index contributed by atoms with van der Waals surface area (Å²) in [4.78, 5) is 17.4. The molecule has 142 valence electrons. The zero-order valence-corrected chi connectivity index (χ0v) is 15.6. The third-order valence-electron chi connectivity index (χ3n) is 6.84. The van der Waals surface area contributed by atoms with Gasteiger partial charge in [0.2, 0.25) is 5.91 Å². The van der Waals surface area contributed by atoms with Gasteiger partial charge in [-0.25, -0.2) is 4.98 Å². The first-order chi connectivity index (χ1) is 13.2. The molecule has 6 nitrogen and oxygen atoms in total. The molecule has 6 heteroatoms. The number of carbonyl (C=O) groups is 1. The molecule has 1 aromatic carbocycles. The quantitative estimate of drug-likeness (QED) is 0.852. The van der Waals surface area contributed by atoms with Gasteiger partial charge in [0.25, 0.3) is 0 Å². The van der Waals surface area contributed by atoms with Gasteiger partial charge in [0.1, 0.15) is 11.6 Å². The molecule has 27 heavy (non-hydrogen) atoms. The SMILES string of the molecule is COc1ccc(-c2n[nH]c(CNC(=O)C3C4CC5CC(C4)CC3C5)n2)cc1. The molecule has 4 bridgehead atoms. The Hall–Kier alpha value is -2.37. The number of rotatable bonds is 5. The van der Waals surface area contributed by atoms with Crippen molar-refractivity contribution in [3.05, 3.63) is 30.1 Å². The van der Waals surface area contributed by atoms with Crippen LogP contribution in [-0.2, 0) is 11.3 Å². The van der Waals surface area contributed by atoms with E-state index in [1.165, 1.54) is 32.1 Å². The van der Waals surface area contributed by atoms with Gasteiger partial charge >= 0.3 is 0 Å². The van der Waals surface area contributed by atoms with Crippen LogP contribution in [0.2, 0.25) is 0 Å². The van der Waals surface area contributed by atoms with Crippen LogP contribution in [0, 0.1) is 29.6 Å². The number of carbonyl (C=O) groups excluding carboxylic acids is 1. The summed E-state index contributed by atoms with van der Waals surface area (Å²) in [6.45, 7) is 0.408. The van der Waals surface area contributed by atoms with Gasteiger partial charge in [0, 0.05) is 11.5 Å². The first-order valence-corrected chi connectivity index (χ1v) is 10.0. The smallest absolute Gasteiger partial charge is 0.224 e. The van der Waals surface area contributed by atoms with Crippen molar-refractivity contribution >= 4 is 5.91 Å². The molecule has 1 heterocycles. The number of aromatic nitrogens is 3. The average molecular weight is 366 g/mol. The van der Waals surface area contributed by atoms with E-state index in [0.717, 1.165) is 23.1 Å². The molecular weight excluding hydrogens is 340 g/mol. The van der Waals surface area contributed by atoms with Gasteiger partial charge in [0.15, 0.2) is 5.82 Å². The van der Waals surface area contributed by atoms with Crippen LogP contribution in [0.3, 0.4) is 0 Å². The molecule has 1 aromatic heterocycles. The fourth-order valence-corrected chi connectivity index (χ4v) is 5.89. The molecule has 0 atom stereocenters. The Bertz CT molecular complexity index is 801. The van der Waals surface area contributed by atoms with Crippen molar-refractivity contribution in [3.63, 3.8) is 0 Å². The summed E-state index contributed by atoms with van der Waals surface area (Å²) in [6.07, 6.45) is 6.45. The first kappa shape index (κ1) is 16.8. The van der Waals surface area contributed by atoms with Crippen molar-refractivity contribution in [2.24, 2.45) is 29.6 Å². The first-order valence-electron chi connectivity index (χ1n) is 10.0. The number of methoxy groups -OCH3 is 1. The summed E-state index contributed by atoms with van der Waals surface area (Å²) in [7, 11) is 1.64. The Morgan fingerprint density at radius 2 is 1.78 bits per heavy atom. The Morgan fingerprint density at radius 1 is 1.11 bits per heavy atom. The molecule has 0 radical (unpaired) electrons. The van der Waals surface area contributed by atoms with Gasteiger partial charge < -0.3 is 10.1 Å². The summed E-state index contributed by atoms with van der Waals surface area (Å²) < 4.78 is 5.18. The highest BCUT2D eigenvalue weighted by molar-refractivity contribution is 5.79. The number of H-pyrrole nitrogens is 1. The van der Waals surface area contributed by atoms with Gasteiger partial charge in [-0.3, -0.25) is 9.89 Å². The fraction of sp³-hybridized carbons (Fsp3) is 0.571. The van der Waals surface area contributed by atoms with Crippen molar-refractivity contribution in [2.75, 3.05) is 7.11 Å². The van der Waals surface area contributed by atoms with Crippen molar-refractivity contribution < 1.29 is 9.53 Å². The standard InChI is InChI=1S/C21H26N4O2/c1-27-17-4-2-14(3-5-17)20-23-18(24-25-20)11-22-21(26)19-15-7-12-6-13(9-15)10-16(19)8-12/h2-5,12-13,15-16,19H,6-11H2,1H3,(H,22,26)(H,23,24,25). The fourth-order valence-electron chi connectivity index (χ4n) is 5.89. The van der Waals surface area contributed by atoms with E-state index in [9.17, 15) is 4.79 Å². The predicted molar refractivity (Wildman–Crippen MR) is 101 cm³/mol. The third kappa shape index (κ3) is 3.11. The molecule has 2 N–H and O–H groups in total. The van der Waals surface area contributed by atoms with Crippen LogP contribution in [0.15, 0.2) is 24.3 Å². The van der Waals surface area contributed by atoms with E-state index < -0.39 is 0 Å². The molecule has 6 rings (SSSR count). The van der Waals surface area contributed by atoms with Crippen LogP contribution in [0.5, 0.6) is 5.75 Å². The summed E-state index contributed by atoms with van der Waals surface area (Å²) in [5.41, 5.74) is 0.922. The Kier molecular flexibility index (Phi) is 4.14. The lowest BCUT2D eigenvalue weighted by Crippen LogP contribution is -2.50. The molecule has 4 aliphatic carbocycles. The number of amides is 1. The summed E-state index contributed by atoms with van der Waals surface area (Å²) in [5, 5.41) is 10.3. The van der Waals surface area contributed by atoms with Crippen LogP contribution in [0.25, 0.3) is 11.4 Å². The topological polar surface area (TPSA) is 79.9 Å². The number of hydrogen-bond acceptors (Lipinski definition) is 4. The largest absolute Gasteiger partial charge is 0.497 e. The molecule has 0 saturated heterocycles. The van der Waals surface area contributed by atoms with E-state index in [-0.39, 0.29) is 11.8 Å². The van der Waals surface area contributed by atoms with Gasteiger partial charge in [-0.05, 0) is 80.0 Å².